The van der Waals surface area contributed by atoms with Gasteiger partial charge in [0.2, 0.25) is 0 Å². The Bertz CT molecular complexity index is 531. The van der Waals surface area contributed by atoms with E-state index < -0.39 is 0 Å². The fraction of sp³-hybridized carbons (Fsp3) is 0.294. The van der Waals surface area contributed by atoms with Gasteiger partial charge in [0.25, 0.3) is 0 Å². The Balaban J connectivity index is 1.76. The van der Waals surface area contributed by atoms with Crippen molar-refractivity contribution in [3.8, 4) is 5.75 Å². The van der Waals surface area contributed by atoms with Gasteiger partial charge in [0, 0.05) is 16.7 Å². The summed E-state index contributed by atoms with van der Waals surface area (Å²) in [6, 6.07) is 14.2. The minimum atomic E-state index is 0.728. The van der Waals surface area contributed by atoms with Crippen molar-refractivity contribution in [1.29, 1.82) is 0 Å². The SMILES string of the molecule is Cc1cc(Br)cc(C)c1NCCCOc1ccccc1. The van der Waals surface area contributed by atoms with Crippen molar-refractivity contribution in [2.45, 2.75) is 20.3 Å². The van der Waals surface area contributed by atoms with Crippen LogP contribution >= 0.6 is 15.9 Å². The van der Waals surface area contributed by atoms with E-state index >= 15 is 0 Å². The third kappa shape index (κ3) is 4.27. The van der Waals surface area contributed by atoms with Gasteiger partial charge in [0.05, 0.1) is 6.61 Å². The Morgan fingerprint density at radius 2 is 1.70 bits per heavy atom. The van der Waals surface area contributed by atoms with Crippen LogP contribution in [0.3, 0.4) is 0 Å². The Kier molecular flexibility index (Phi) is 5.48. The molecule has 2 aromatic carbocycles. The van der Waals surface area contributed by atoms with Crippen molar-refractivity contribution >= 4 is 21.6 Å². The molecule has 0 aliphatic heterocycles. The fourth-order valence-corrected chi connectivity index (χ4v) is 2.87. The second-order valence-electron chi connectivity index (χ2n) is 4.86. The third-order valence-electron chi connectivity index (χ3n) is 3.13. The highest BCUT2D eigenvalue weighted by atomic mass is 79.9. The first-order valence-corrected chi connectivity index (χ1v) is 7.64. The number of aryl methyl sites for hydroxylation is 2. The number of hydrogen-bond acceptors (Lipinski definition) is 2. The van der Waals surface area contributed by atoms with Crippen LogP contribution in [0.2, 0.25) is 0 Å². The molecule has 3 heteroatoms. The number of anilines is 1. The highest BCUT2D eigenvalue weighted by Crippen LogP contribution is 2.24. The molecule has 106 valence electrons. The van der Waals surface area contributed by atoms with Crippen molar-refractivity contribution in [1.82, 2.24) is 0 Å². The molecule has 0 fully saturated rings. The summed E-state index contributed by atoms with van der Waals surface area (Å²) >= 11 is 3.52. The van der Waals surface area contributed by atoms with Gasteiger partial charge in [0.1, 0.15) is 5.75 Å². The van der Waals surface area contributed by atoms with E-state index in [0.717, 1.165) is 29.8 Å². The van der Waals surface area contributed by atoms with Crippen LogP contribution in [-0.2, 0) is 0 Å². The van der Waals surface area contributed by atoms with E-state index in [9.17, 15) is 0 Å². The zero-order valence-corrected chi connectivity index (χ0v) is 13.5. The molecule has 0 aliphatic rings. The monoisotopic (exact) mass is 333 g/mol. The van der Waals surface area contributed by atoms with E-state index in [2.05, 4.69) is 47.2 Å². The van der Waals surface area contributed by atoms with E-state index in [1.807, 2.05) is 30.3 Å². The van der Waals surface area contributed by atoms with Crippen LogP contribution in [0.25, 0.3) is 0 Å². The maximum Gasteiger partial charge on any atom is 0.119 e. The molecule has 0 unspecified atom stereocenters. The van der Waals surface area contributed by atoms with Crippen LogP contribution in [0.15, 0.2) is 46.9 Å². The van der Waals surface area contributed by atoms with E-state index in [4.69, 9.17) is 4.74 Å². The molecule has 2 nitrogen and oxygen atoms in total. The van der Waals surface area contributed by atoms with Crippen LogP contribution in [0, 0.1) is 13.8 Å². The quantitative estimate of drug-likeness (QED) is 0.755. The molecule has 2 rings (SSSR count). The molecule has 0 radical (unpaired) electrons. The molecule has 1 N–H and O–H groups in total. The molecule has 0 aliphatic carbocycles. The summed E-state index contributed by atoms with van der Waals surface area (Å²) in [6.07, 6.45) is 0.976. The molecular weight excluding hydrogens is 314 g/mol. The van der Waals surface area contributed by atoms with Gasteiger partial charge < -0.3 is 10.1 Å². The predicted octanol–water partition coefficient (Wildman–Crippen LogP) is 4.95. The van der Waals surface area contributed by atoms with Gasteiger partial charge in [-0.05, 0) is 55.7 Å². The molecule has 0 saturated heterocycles. The fourth-order valence-electron chi connectivity index (χ4n) is 2.18. The van der Waals surface area contributed by atoms with Crippen molar-refractivity contribution in [3.05, 3.63) is 58.1 Å². The zero-order chi connectivity index (χ0) is 14.4. The summed E-state index contributed by atoms with van der Waals surface area (Å²) in [5.74, 6) is 0.934. The molecule has 0 saturated carbocycles. The zero-order valence-electron chi connectivity index (χ0n) is 11.9. The van der Waals surface area contributed by atoms with E-state index in [0.29, 0.717) is 0 Å². The van der Waals surface area contributed by atoms with Gasteiger partial charge >= 0.3 is 0 Å². The van der Waals surface area contributed by atoms with Crippen LogP contribution in [0.5, 0.6) is 5.75 Å². The molecule has 0 bridgehead atoms. The average Bonchev–Trinajstić information content (AvgIpc) is 2.42. The van der Waals surface area contributed by atoms with Gasteiger partial charge in [-0.1, -0.05) is 34.1 Å². The highest BCUT2D eigenvalue weighted by Gasteiger charge is 2.03. The predicted molar refractivity (Wildman–Crippen MR) is 88.7 cm³/mol. The lowest BCUT2D eigenvalue weighted by molar-refractivity contribution is 0.315. The Labute approximate surface area is 129 Å². The third-order valence-corrected chi connectivity index (χ3v) is 3.59. The summed E-state index contributed by atoms with van der Waals surface area (Å²) in [5.41, 5.74) is 3.76. The van der Waals surface area contributed by atoms with Crippen molar-refractivity contribution in [2.24, 2.45) is 0 Å². The van der Waals surface area contributed by atoms with E-state index in [1.54, 1.807) is 0 Å². The van der Waals surface area contributed by atoms with Gasteiger partial charge in [-0.2, -0.15) is 0 Å². The molecule has 0 aromatic heterocycles. The summed E-state index contributed by atoms with van der Waals surface area (Å²) in [5, 5.41) is 3.49. The van der Waals surface area contributed by atoms with Gasteiger partial charge in [-0.15, -0.1) is 0 Å². The van der Waals surface area contributed by atoms with E-state index in [-0.39, 0.29) is 0 Å². The van der Waals surface area contributed by atoms with Crippen molar-refractivity contribution < 1.29 is 4.74 Å². The summed E-state index contributed by atoms with van der Waals surface area (Å²) < 4.78 is 6.81. The van der Waals surface area contributed by atoms with Gasteiger partial charge in [0.15, 0.2) is 0 Å². The largest absolute Gasteiger partial charge is 0.494 e. The number of benzene rings is 2. The van der Waals surface area contributed by atoms with Gasteiger partial charge in [-0.25, -0.2) is 0 Å². The molecule has 20 heavy (non-hydrogen) atoms. The topological polar surface area (TPSA) is 21.3 Å². The number of halogens is 1. The van der Waals surface area contributed by atoms with Crippen LogP contribution in [-0.4, -0.2) is 13.2 Å². The number of hydrogen-bond donors (Lipinski definition) is 1. The second kappa shape index (κ2) is 7.34. The smallest absolute Gasteiger partial charge is 0.119 e. The summed E-state index contributed by atoms with van der Waals surface area (Å²) in [4.78, 5) is 0. The molecule has 0 atom stereocenters. The number of ether oxygens (including phenoxy) is 1. The average molecular weight is 334 g/mol. The molecular formula is C17H20BrNO. The van der Waals surface area contributed by atoms with Crippen LogP contribution in [0.4, 0.5) is 5.69 Å². The first-order chi connectivity index (χ1) is 9.66. The minimum Gasteiger partial charge on any atom is -0.494 e. The molecule has 0 spiro atoms. The second-order valence-corrected chi connectivity index (χ2v) is 5.77. The maximum absolute atomic E-state index is 5.68. The lowest BCUT2D eigenvalue weighted by Crippen LogP contribution is -2.09. The molecule has 0 amide bonds. The summed E-state index contributed by atoms with van der Waals surface area (Å²) in [7, 11) is 0. The van der Waals surface area contributed by atoms with Crippen LogP contribution in [0.1, 0.15) is 17.5 Å². The maximum atomic E-state index is 5.68. The van der Waals surface area contributed by atoms with Crippen molar-refractivity contribution in [3.63, 3.8) is 0 Å². The first-order valence-electron chi connectivity index (χ1n) is 6.85. The number of nitrogens with one attached hydrogen (secondary N) is 1. The Morgan fingerprint density at radius 1 is 1.05 bits per heavy atom. The summed E-state index contributed by atoms with van der Waals surface area (Å²) in [6.45, 7) is 5.89. The Hall–Kier alpha value is -1.48. The highest BCUT2D eigenvalue weighted by molar-refractivity contribution is 9.10. The lowest BCUT2D eigenvalue weighted by Gasteiger charge is -2.13. The van der Waals surface area contributed by atoms with Gasteiger partial charge in [-0.3, -0.25) is 0 Å². The Morgan fingerprint density at radius 3 is 2.35 bits per heavy atom. The normalized spacial score (nSPS) is 10.3. The number of rotatable bonds is 6. The molecule has 0 heterocycles. The van der Waals surface area contributed by atoms with Crippen LogP contribution < -0.4 is 10.1 Å². The van der Waals surface area contributed by atoms with E-state index in [1.165, 1.54) is 16.8 Å². The number of para-hydroxylation sites is 1. The lowest BCUT2D eigenvalue weighted by atomic mass is 10.1. The van der Waals surface area contributed by atoms with Crippen molar-refractivity contribution in [2.75, 3.05) is 18.5 Å². The first kappa shape index (κ1) is 14.9. The minimum absolute atomic E-state index is 0.728. The molecule has 2 aromatic rings. The standard InChI is InChI=1S/C17H20BrNO/c1-13-11-15(18)12-14(2)17(13)19-9-6-10-20-16-7-4-3-5-8-16/h3-5,7-8,11-12,19H,6,9-10H2,1-2H3.